The molecule has 1 aromatic heterocycles. The number of benzene rings is 2. The SMILES string of the molecule is NC(/C=C(\Nc1ccccc1Cl)c1ccc(-c2cccc(S)c2)s1)CN1CCC(CC2=CC=CCC2)CC1. The molecule has 38 heavy (non-hydrogen) atoms. The van der Waals surface area contributed by atoms with Gasteiger partial charge in [0.05, 0.1) is 21.3 Å². The monoisotopic (exact) mass is 561 g/mol. The molecule has 1 fully saturated rings. The highest BCUT2D eigenvalue weighted by Gasteiger charge is 2.22. The number of hydrogen-bond donors (Lipinski definition) is 3. The minimum absolute atomic E-state index is 0.0888. The van der Waals surface area contributed by atoms with Gasteiger partial charge in [-0.15, -0.1) is 24.0 Å². The van der Waals surface area contributed by atoms with Crippen LogP contribution in [0.25, 0.3) is 16.1 Å². The van der Waals surface area contributed by atoms with E-state index in [-0.39, 0.29) is 6.04 Å². The Bertz CT molecular complexity index is 1320. The molecule has 2 heterocycles. The van der Waals surface area contributed by atoms with Gasteiger partial charge in [0.2, 0.25) is 0 Å². The zero-order chi connectivity index (χ0) is 26.3. The summed E-state index contributed by atoms with van der Waals surface area (Å²) in [6.07, 6.45) is 15.2. The maximum absolute atomic E-state index is 6.74. The minimum atomic E-state index is -0.0888. The van der Waals surface area contributed by atoms with Gasteiger partial charge in [-0.3, -0.25) is 0 Å². The lowest BCUT2D eigenvalue weighted by Crippen LogP contribution is -2.41. The van der Waals surface area contributed by atoms with Gasteiger partial charge in [-0.1, -0.05) is 59.7 Å². The third-order valence-corrected chi connectivity index (χ3v) is 9.13. The van der Waals surface area contributed by atoms with Crippen LogP contribution in [0.3, 0.4) is 0 Å². The molecule has 198 valence electrons. The molecule has 3 N–H and O–H groups in total. The highest BCUT2D eigenvalue weighted by molar-refractivity contribution is 7.80. The number of thiophene rings is 1. The fourth-order valence-corrected chi connectivity index (χ4v) is 6.71. The second-order valence-electron chi connectivity index (χ2n) is 10.3. The smallest absolute Gasteiger partial charge is 0.0640 e. The van der Waals surface area contributed by atoms with E-state index in [2.05, 4.69) is 71.4 Å². The van der Waals surface area contributed by atoms with Gasteiger partial charge in [-0.05, 0) is 99.1 Å². The lowest BCUT2D eigenvalue weighted by molar-refractivity contribution is 0.180. The van der Waals surface area contributed by atoms with Gasteiger partial charge in [-0.2, -0.15) is 0 Å². The molecule has 1 atom stereocenters. The lowest BCUT2D eigenvalue weighted by atomic mass is 9.87. The zero-order valence-electron chi connectivity index (χ0n) is 21.7. The molecule has 2 aliphatic rings. The summed E-state index contributed by atoms with van der Waals surface area (Å²) >= 11 is 12.8. The summed E-state index contributed by atoms with van der Waals surface area (Å²) in [5.74, 6) is 0.800. The van der Waals surface area contributed by atoms with E-state index in [1.54, 1.807) is 16.9 Å². The van der Waals surface area contributed by atoms with Crippen LogP contribution >= 0.6 is 35.6 Å². The Labute approximate surface area is 241 Å². The molecule has 2 aromatic carbocycles. The number of piperidine rings is 1. The molecule has 1 aliphatic heterocycles. The second kappa shape index (κ2) is 13.2. The van der Waals surface area contributed by atoms with Crippen molar-refractivity contribution in [3.8, 4) is 10.4 Å². The van der Waals surface area contributed by atoms with Gasteiger partial charge in [0.25, 0.3) is 0 Å². The standard InChI is InChI=1S/C32H36ClN3S2/c33-28-11-4-5-12-29(28)35-30(32-14-13-31(38-32)25-9-6-10-27(37)20-25)21-26(34)22-36-17-15-24(16-18-36)19-23-7-2-1-3-8-23/h1-2,4-7,9-14,20-21,24,26,35,37H,3,8,15-19,22,34H2/b30-21-. The minimum Gasteiger partial charge on any atom is -0.353 e. The summed E-state index contributed by atoms with van der Waals surface area (Å²) in [7, 11) is 0. The maximum Gasteiger partial charge on any atom is 0.0640 e. The van der Waals surface area contributed by atoms with Crippen LogP contribution in [0.2, 0.25) is 5.02 Å². The molecule has 6 heteroatoms. The molecule has 0 saturated carbocycles. The van der Waals surface area contributed by atoms with E-state index in [1.165, 1.54) is 37.0 Å². The predicted molar refractivity (Wildman–Crippen MR) is 168 cm³/mol. The van der Waals surface area contributed by atoms with Crippen LogP contribution < -0.4 is 11.1 Å². The highest BCUT2D eigenvalue weighted by Crippen LogP contribution is 2.35. The fraction of sp³-hybridized carbons (Fsp3) is 0.312. The third kappa shape index (κ3) is 7.43. The number of nitrogens with two attached hydrogens (primary N) is 1. The molecule has 0 bridgehead atoms. The quantitative estimate of drug-likeness (QED) is 0.229. The second-order valence-corrected chi connectivity index (χ2v) is 12.3. The average molecular weight is 562 g/mol. The van der Waals surface area contributed by atoms with Crippen LogP contribution in [0.15, 0.2) is 95.4 Å². The first-order valence-corrected chi connectivity index (χ1v) is 15.1. The Hall–Kier alpha value is -2.28. The van der Waals surface area contributed by atoms with Crippen LogP contribution in [0.5, 0.6) is 0 Å². The molecule has 1 aliphatic carbocycles. The van der Waals surface area contributed by atoms with Crippen molar-refractivity contribution in [2.45, 2.75) is 43.0 Å². The van der Waals surface area contributed by atoms with Gasteiger partial charge >= 0.3 is 0 Å². The van der Waals surface area contributed by atoms with Crippen molar-refractivity contribution < 1.29 is 0 Å². The largest absolute Gasteiger partial charge is 0.353 e. The molecule has 1 saturated heterocycles. The van der Waals surface area contributed by atoms with E-state index in [4.69, 9.17) is 17.3 Å². The molecule has 0 radical (unpaired) electrons. The molecular weight excluding hydrogens is 526 g/mol. The van der Waals surface area contributed by atoms with Crippen LogP contribution in [0.4, 0.5) is 5.69 Å². The number of anilines is 1. The van der Waals surface area contributed by atoms with E-state index in [0.29, 0.717) is 5.02 Å². The molecule has 3 nitrogen and oxygen atoms in total. The van der Waals surface area contributed by atoms with E-state index in [9.17, 15) is 0 Å². The molecule has 0 spiro atoms. The van der Waals surface area contributed by atoms with Gasteiger partial charge in [0, 0.05) is 22.4 Å². The topological polar surface area (TPSA) is 41.3 Å². The first-order chi connectivity index (χ1) is 18.5. The lowest BCUT2D eigenvalue weighted by Gasteiger charge is -2.33. The number of nitrogens with one attached hydrogen (secondary N) is 1. The summed E-state index contributed by atoms with van der Waals surface area (Å²) in [5, 5.41) is 4.27. The fourth-order valence-electron chi connectivity index (χ4n) is 5.32. The van der Waals surface area contributed by atoms with E-state index >= 15 is 0 Å². The van der Waals surface area contributed by atoms with E-state index in [0.717, 1.165) is 52.3 Å². The van der Waals surface area contributed by atoms with Gasteiger partial charge in [0.1, 0.15) is 0 Å². The number of hydrogen-bond acceptors (Lipinski definition) is 5. The number of nitrogens with zero attached hydrogens (tertiary/aromatic N) is 1. The highest BCUT2D eigenvalue weighted by atomic mass is 35.5. The molecule has 5 rings (SSSR count). The zero-order valence-corrected chi connectivity index (χ0v) is 24.1. The van der Waals surface area contributed by atoms with Gasteiger partial charge < -0.3 is 16.0 Å². The summed E-state index contributed by atoms with van der Waals surface area (Å²) in [4.78, 5) is 5.81. The summed E-state index contributed by atoms with van der Waals surface area (Å²) < 4.78 is 0. The number of thiol groups is 1. The Morgan fingerprint density at radius 1 is 1.13 bits per heavy atom. The number of likely N-dealkylation sites (tertiary alicyclic amines) is 1. The van der Waals surface area contributed by atoms with Crippen LogP contribution in [-0.2, 0) is 0 Å². The number of para-hydroxylation sites is 1. The average Bonchev–Trinajstić information content (AvgIpc) is 3.42. The van der Waals surface area contributed by atoms with Crippen molar-refractivity contribution in [1.82, 2.24) is 4.90 Å². The summed E-state index contributed by atoms with van der Waals surface area (Å²) in [6.45, 7) is 3.09. The first kappa shape index (κ1) is 27.3. The van der Waals surface area contributed by atoms with Crippen LogP contribution in [0.1, 0.15) is 37.0 Å². The van der Waals surface area contributed by atoms with E-state index < -0.39 is 0 Å². The van der Waals surface area contributed by atoms with Gasteiger partial charge in [0.15, 0.2) is 0 Å². The Kier molecular flexibility index (Phi) is 9.47. The molecular formula is C32H36ClN3S2. The molecule has 1 unspecified atom stereocenters. The number of halogens is 1. The van der Waals surface area contributed by atoms with Crippen molar-refractivity contribution in [3.63, 3.8) is 0 Å². The molecule has 3 aromatic rings. The number of allylic oxidation sites excluding steroid dienone is 4. The Morgan fingerprint density at radius 3 is 2.74 bits per heavy atom. The summed E-state index contributed by atoms with van der Waals surface area (Å²) in [6, 6.07) is 20.3. The van der Waals surface area contributed by atoms with Crippen molar-refractivity contribution >= 4 is 47.0 Å². The number of rotatable bonds is 9. The first-order valence-electron chi connectivity index (χ1n) is 13.5. The summed E-state index contributed by atoms with van der Waals surface area (Å²) in [5.41, 5.74) is 11.4. The Balaban J connectivity index is 1.28. The van der Waals surface area contributed by atoms with Crippen molar-refractivity contribution in [2.24, 2.45) is 11.7 Å². The van der Waals surface area contributed by atoms with Crippen molar-refractivity contribution in [1.29, 1.82) is 0 Å². The normalized spacial score (nSPS) is 17.9. The molecule has 0 amide bonds. The van der Waals surface area contributed by atoms with Crippen molar-refractivity contribution in [2.75, 3.05) is 25.0 Å². The Morgan fingerprint density at radius 2 is 1.97 bits per heavy atom. The van der Waals surface area contributed by atoms with Crippen LogP contribution in [0, 0.1) is 5.92 Å². The van der Waals surface area contributed by atoms with Crippen LogP contribution in [-0.4, -0.2) is 30.6 Å². The predicted octanol–water partition coefficient (Wildman–Crippen LogP) is 8.52. The van der Waals surface area contributed by atoms with Crippen molar-refractivity contribution in [3.05, 3.63) is 100 Å². The van der Waals surface area contributed by atoms with Gasteiger partial charge in [-0.25, -0.2) is 0 Å². The maximum atomic E-state index is 6.74. The van der Waals surface area contributed by atoms with E-state index in [1.807, 2.05) is 36.4 Å². The third-order valence-electron chi connectivity index (χ3n) is 7.35.